The van der Waals surface area contributed by atoms with Crippen molar-refractivity contribution in [2.75, 3.05) is 6.61 Å². The van der Waals surface area contributed by atoms with Gasteiger partial charge in [0.15, 0.2) is 6.04 Å². The van der Waals surface area contributed by atoms with Gasteiger partial charge in [-0.25, -0.2) is 4.79 Å². The average molecular weight is 442 g/mol. The van der Waals surface area contributed by atoms with Gasteiger partial charge in [0.2, 0.25) is 0 Å². The van der Waals surface area contributed by atoms with E-state index in [0.29, 0.717) is 25.6 Å². The largest absolute Gasteiger partial charge is 0.458 e. The molecule has 4 atom stereocenters. The molecule has 1 aromatic carbocycles. The van der Waals surface area contributed by atoms with E-state index in [1.54, 1.807) is 0 Å². The van der Waals surface area contributed by atoms with Crippen LogP contribution >= 0.6 is 0 Å². The second-order valence-corrected chi connectivity index (χ2v) is 11.0. The summed E-state index contributed by atoms with van der Waals surface area (Å²) in [6, 6.07) is 9.35. The van der Waals surface area contributed by atoms with E-state index in [-0.39, 0.29) is 17.3 Å². The highest BCUT2D eigenvalue weighted by Crippen LogP contribution is 2.61. The summed E-state index contributed by atoms with van der Waals surface area (Å²) >= 11 is 0. The minimum Gasteiger partial charge on any atom is -0.458 e. The number of nitrogens with zero attached hydrogens (tertiary/aromatic N) is 1. The van der Waals surface area contributed by atoms with E-state index in [0.717, 1.165) is 24.1 Å². The molecule has 3 aliphatic carbocycles. The summed E-state index contributed by atoms with van der Waals surface area (Å²) < 4.78 is 11.3. The standard InChI is InChI=1S/C27H39NO4/c1-25(2,3)32-24(29)21(14-10-11-15-31-18-19-12-8-7-9-13-19)28-23-17-20-16-22(26(20,4)5)27(23,6)30/h7-13,20-22,30H,14-18H2,1-6H3/b11-10+,28-23?/t20-,21+,22-,27-/m1/s1. The number of benzene rings is 1. The maximum Gasteiger partial charge on any atom is 0.331 e. The lowest BCUT2D eigenvalue weighted by molar-refractivity contribution is -0.156. The maximum absolute atomic E-state index is 12.9. The quantitative estimate of drug-likeness (QED) is 0.345. The Hall–Kier alpha value is -1.98. The van der Waals surface area contributed by atoms with Crippen molar-refractivity contribution in [1.82, 2.24) is 0 Å². The number of rotatable bonds is 8. The van der Waals surface area contributed by atoms with Crippen LogP contribution in [0.4, 0.5) is 0 Å². The normalized spacial score (nSPS) is 29.0. The third-order valence-electron chi connectivity index (χ3n) is 7.02. The SMILES string of the molecule is CC(C)(C)OC(=O)[C@H](C/C=C/COCc1ccccc1)N=C1C[C@H]2C[C@H](C2(C)C)[C@@]1(C)O. The van der Waals surface area contributed by atoms with Crippen molar-refractivity contribution in [3.05, 3.63) is 48.0 Å². The van der Waals surface area contributed by atoms with Gasteiger partial charge in [0.1, 0.15) is 11.2 Å². The lowest BCUT2D eigenvalue weighted by Gasteiger charge is -2.62. The first-order valence-corrected chi connectivity index (χ1v) is 11.7. The van der Waals surface area contributed by atoms with E-state index < -0.39 is 17.2 Å². The second-order valence-electron chi connectivity index (χ2n) is 11.0. The molecule has 0 aromatic heterocycles. The lowest BCUT2D eigenvalue weighted by Crippen LogP contribution is -2.65. The Balaban J connectivity index is 1.65. The molecule has 4 rings (SSSR count). The van der Waals surface area contributed by atoms with Gasteiger partial charge >= 0.3 is 5.97 Å². The number of ether oxygens (including phenoxy) is 2. The summed E-state index contributed by atoms with van der Waals surface area (Å²) in [5.74, 6) is 0.329. The summed E-state index contributed by atoms with van der Waals surface area (Å²) in [4.78, 5) is 17.7. The number of esters is 1. The van der Waals surface area contributed by atoms with Crippen LogP contribution in [-0.4, -0.2) is 40.6 Å². The molecule has 5 nitrogen and oxygen atoms in total. The number of hydrogen-bond acceptors (Lipinski definition) is 5. The molecule has 1 aromatic rings. The highest BCUT2D eigenvalue weighted by molar-refractivity contribution is 5.96. The fourth-order valence-corrected chi connectivity index (χ4v) is 5.01. The maximum atomic E-state index is 12.9. The monoisotopic (exact) mass is 441 g/mol. The number of aliphatic imine (C=N–C) groups is 1. The molecule has 3 fully saturated rings. The van der Waals surface area contributed by atoms with Crippen LogP contribution in [0.15, 0.2) is 47.5 Å². The number of fused-ring (bicyclic) bond motifs is 2. The van der Waals surface area contributed by atoms with Crippen molar-refractivity contribution in [3.63, 3.8) is 0 Å². The van der Waals surface area contributed by atoms with Crippen molar-refractivity contribution in [3.8, 4) is 0 Å². The highest BCUT2D eigenvalue weighted by atomic mass is 16.6. The Bertz CT molecular complexity index is 848. The molecule has 0 unspecified atom stereocenters. The summed E-state index contributed by atoms with van der Waals surface area (Å²) in [5, 5.41) is 11.3. The molecular formula is C27H39NO4. The summed E-state index contributed by atoms with van der Waals surface area (Å²) in [7, 11) is 0. The van der Waals surface area contributed by atoms with Crippen molar-refractivity contribution >= 4 is 11.7 Å². The Kier molecular flexibility index (Phi) is 7.31. The van der Waals surface area contributed by atoms with Crippen LogP contribution in [0.3, 0.4) is 0 Å². The van der Waals surface area contributed by atoms with Crippen LogP contribution in [0, 0.1) is 17.3 Å². The first kappa shape index (κ1) is 24.7. The summed E-state index contributed by atoms with van der Waals surface area (Å²) in [5.41, 5.74) is 0.403. The molecule has 1 N–H and O–H groups in total. The topological polar surface area (TPSA) is 68.1 Å². The van der Waals surface area contributed by atoms with Crippen molar-refractivity contribution < 1.29 is 19.4 Å². The Morgan fingerprint density at radius 2 is 1.91 bits per heavy atom. The van der Waals surface area contributed by atoms with Gasteiger partial charge in [0.05, 0.1) is 13.2 Å². The minimum absolute atomic E-state index is 0.111. The van der Waals surface area contributed by atoms with E-state index in [1.807, 2.05) is 70.2 Å². The zero-order valence-electron chi connectivity index (χ0n) is 20.4. The van der Waals surface area contributed by atoms with E-state index in [4.69, 9.17) is 14.5 Å². The fourth-order valence-electron chi connectivity index (χ4n) is 5.01. The first-order chi connectivity index (χ1) is 14.9. The number of carbonyl (C=O) groups excluding carboxylic acids is 1. The summed E-state index contributed by atoms with van der Waals surface area (Å²) in [6.45, 7) is 12.9. The zero-order chi connectivity index (χ0) is 23.6. The Morgan fingerprint density at radius 3 is 2.50 bits per heavy atom. The molecule has 0 spiro atoms. The average Bonchev–Trinajstić information content (AvgIpc) is 2.69. The van der Waals surface area contributed by atoms with Gasteiger partial charge in [-0.2, -0.15) is 0 Å². The molecule has 2 bridgehead atoms. The molecule has 0 radical (unpaired) electrons. The predicted octanol–water partition coefficient (Wildman–Crippen LogP) is 5.12. The molecule has 0 aliphatic heterocycles. The van der Waals surface area contributed by atoms with E-state index in [2.05, 4.69) is 13.8 Å². The molecule has 0 amide bonds. The van der Waals surface area contributed by atoms with Gasteiger partial charge in [-0.15, -0.1) is 0 Å². The van der Waals surface area contributed by atoms with Crippen molar-refractivity contribution in [2.24, 2.45) is 22.2 Å². The van der Waals surface area contributed by atoms with Crippen molar-refractivity contribution in [2.45, 2.75) is 84.7 Å². The number of hydrogen-bond donors (Lipinski definition) is 1. The van der Waals surface area contributed by atoms with Crippen LogP contribution < -0.4 is 0 Å². The molecular weight excluding hydrogens is 402 g/mol. The lowest BCUT2D eigenvalue weighted by atomic mass is 9.44. The molecule has 0 heterocycles. The second kappa shape index (κ2) is 9.48. The van der Waals surface area contributed by atoms with E-state index in [9.17, 15) is 9.90 Å². The molecule has 5 heteroatoms. The van der Waals surface area contributed by atoms with Crippen LogP contribution in [0.1, 0.15) is 66.4 Å². The first-order valence-electron chi connectivity index (χ1n) is 11.7. The van der Waals surface area contributed by atoms with Gasteiger partial charge in [-0.05, 0) is 69.8 Å². The van der Waals surface area contributed by atoms with Gasteiger partial charge < -0.3 is 14.6 Å². The van der Waals surface area contributed by atoms with Gasteiger partial charge in [0.25, 0.3) is 0 Å². The van der Waals surface area contributed by atoms with Crippen LogP contribution in [0.25, 0.3) is 0 Å². The third-order valence-corrected chi connectivity index (χ3v) is 7.02. The highest BCUT2D eigenvalue weighted by Gasteiger charge is 2.61. The van der Waals surface area contributed by atoms with E-state index >= 15 is 0 Å². The van der Waals surface area contributed by atoms with Crippen LogP contribution in [-0.2, 0) is 20.9 Å². The third kappa shape index (κ3) is 5.68. The predicted molar refractivity (Wildman–Crippen MR) is 128 cm³/mol. The van der Waals surface area contributed by atoms with Gasteiger partial charge in [-0.1, -0.05) is 56.3 Å². The van der Waals surface area contributed by atoms with Crippen molar-refractivity contribution in [1.29, 1.82) is 0 Å². The van der Waals surface area contributed by atoms with Gasteiger partial charge in [0, 0.05) is 5.71 Å². The van der Waals surface area contributed by atoms with Gasteiger partial charge in [-0.3, -0.25) is 4.99 Å². The molecule has 32 heavy (non-hydrogen) atoms. The zero-order valence-corrected chi connectivity index (χ0v) is 20.4. The Morgan fingerprint density at radius 1 is 1.22 bits per heavy atom. The minimum atomic E-state index is -0.985. The van der Waals surface area contributed by atoms with Crippen LogP contribution in [0.2, 0.25) is 0 Å². The van der Waals surface area contributed by atoms with Crippen LogP contribution in [0.5, 0.6) is 0 Å². The fraction of sp³-hybridized carbons (Fsp3) is 0.630. The number of carbonyl (C=O) groups is 1. The Labute approximate surface area is 192 Å². The summed E-state index contributed by atoms with van der Waals surface area (Å²) in [6.07, 6.45) is 6.02. The number of aliphatic hydroxyl groups is 1. The smallest absolute Gasteiger partial charge is 0.331 e. The van der Waals surface area contributed by atoms with E-state index in [1.165, 1.54) is 0 Å². The molecule has 3 saturated carbocycles. The molecule has 3 aliphatic rings. The molecule has 0 saturated heterocycles. The molecule has 176 valence electrons.